The van der Waals surface area contributed by atoms with Gasteiger partial charge in [0.2, 0.25) is 5.95 Å². The molecule has 3 heterocycles. The fraction of sp³-hybridized carbons (Fsp3) is 0.294. The van der Waals surface area contributed by atoms with Crippen molar-refractivity contribution in [3.8, 4) is 0 Å². The molecule has 0 bridgehead atoms. The fourth-order valence-corrected chi connectivity index (χ4v) is 3.53. The van der Waals surface area contributed by atoms with Gasteiger partial charge in [-0.15, -0.1) is 0 Å². The van der Waals surface area contributed by atoms with E-state index in [2.05, 4.69) is 25.0 Å². The molecule has 3 aromatic rings. The number of hydrogen-bond acceptors (Lipinski definition) is 10. The third kappa shape index (κ3) is 3.11. The van der Waals surface area contributed by atoms with Gasteiger partial charge in [0.15, 0.2) is 28.8 Å². The summed E-state index contributed by atoms with van der Waals surface area (Å²) in [5.41, 5.74) is 11.0. The molecule has 1 aliphatic rings. The lowest BCUT2D eigenvalue weighted by atomic mass is 9.84. The summed E-state index contributed by atoms with van der Waals surface area (Å²) in [5.74, 6) is -1.14. The topological polar surface area (TPSA) is 225 Å². The number of fused-ring (bicyclic) bond motifs is 1. The number of Topliss-reactive ketones (excluding diaryl/α,β-unsaturated/α-hetero) is 1. The number of aromatic amines is 1. The lowest BCUT2D eigenvalue weighted by molar-refractivity contribution is -0.0697. The van der Waals surface area contributed by atoms with Crippen molar-refractivity contribution >= 4 is 28.6 Å². The maximum atomic E-state index is 13.1. The minimum Gasteiger partial charge on any atom is -0.394 e. The van der Waals surface area contributed by atoms with Gasteiger partial charge in [-0.1, -0.05) is 29.4 Å². The van der Waals surface area contributed by atoms with E-state index in [-0.39, 0.29) is 28.4 Å². The second kappa shape index (κ2) is 7.46. The van der Waals surface area contributed by atoms with E-state index < -0.39 is 42.0 Å². The smallest absolute Gasteiger partial charge is 0.280 e. The number of rotatable bonds is 5. The molecule has 1 aliphatic heterocycles. The number of hydrogen-bond donors (Lipinski definition) is 5. The number of imidazole rings is 1. The average Bonchev–Trinajstić information content (AvgIpc) is 3.28. The van der Waals surface area contributed by atoms with Crippen LogP contribution in [0.5, 0.6) is 0 Å². The molecule has 14 nitrogen and oxygen atoms in total. The van der Waals surface area contributed by atoms with Gasteiger partial charge in [0.1, 0.15) is 12.2 Å². The molecule has 0 spiro atoms. The summed E-state index contributed by atoms with van der Waals surface area (Å²) in [6, 6.07) is 5.30. The van der Waals surface area contributed by atoms with E-state index in [0.29, 0.717) is 0 Å². The number of carbonyl (C=O) groups excluding carboxylic acids is 1. The van der Waals surface area contributed by atoms with Crippen LogP contribution in [0, 0.1) is 0 Å². The first kappa shape index (κ1) is 20.5. The van der Waals surface area contributed by atoms with Crippen LogP contribution in [0.1, 0.15) is 16.6 Å². The number of nitrogens with zero attached hydrogens (tertiary/aromatic N) is 6. The van der Waals surface area contributed by atoms with Crippen molar-refractivity contribution in [3.05, 3.63) is 57.0 Å². The van der Waals surface area contributed by atoms with Crippen LogP contribution in [0.15, 0.2) is 40.5 Å². The first-order valence-corrected chi connectivity index (χ1v) is 8.90. The van der Waals surface area contributed by atoms with Crippen molar-refractivity contribution in [1.29, 1.82) is 0 Å². The maximum absolute atomic E-state index is 13.1. The van der Waals surface area contributed by atoms with E-state index >= 15 is 0 Å². The Hall–Kier alpha value is -3.81. The van der Waals surface area contributed by atoms with Crippen molar-refractivity contribution in [2.75, 3.05) is 12.3 Å². The number of ketones is 1. The number of carbonyl (C=O) groups is 1. The molecule has 4 atom stereocenters. The molecule has 0 saturated carbocycles. The molecule has 6 N–H and O–H groups in total. The summed E-state index contributed by atoms with van der Waals surface area (Å²) in [5, 5.41) is 35.2. The third-order valence-electron chi connectivity index (χ3n) is 5.06. The van der Waals surface area contributed by atoms with Crippen LogP contribution in [0.4, 0.5) is 11.6 Å². The van der Waals surface area contributed by atoms with Crippen LogP contribution >= 0.6 is 0 Å². The molecule has 1 fully saturated rings. The quantitative estimate of drug-likeness (QED) is 0.153. The molecule has 1 saturated heterocycles. The van der Waals surface area contributed by atoms with Gasteiger partial charge in [-0.3, -0.25) is 19.1 Å². The first-order chi connectivity index (χ1) is 14.8. The lowest BCUT2D eigenvalue weighted by Crippen LogP contribution is -2.55. The van der Waals surface area contributed by atoms with E-state index in [1.807, 2.05) is 0 Å². The Morgan fingerprint density at radius 1 is 1.42 bits per heavy atom. The second-order valence-electron chi connectivity index (χ2n) is 6.81. The Labute approximate surface area is 172 Å². The maximum Gasteiger partial charge on any atom is 0.280 e. The molecule has 0 radical (unpaired) electrons. The number of nitrogens with one attached hydrogen (secondary N) is 1. The first-order valence-electron chi connectivity index (χ1n) is 8.90. The van der Waals surface area contributed by atoms with Gasteiger partial charge in [-0.05, 0) is 5.53 Å². The average molecular weight is 428 g/mol. The summed E-state index contributed by atoms with van der Waals surface area (Å²) in [6.45, 7) is -0.796. The molecule has 14 heteroatoms. The molecule has 0 amide bonds. The second-order valence-corrected chi connectivity index (χ2v) is 6.81. The van der Waals surface area contributed by atoms with Gasteiger partial charge in [0.05, 0.1) is 12.9 Å². The van der Waals surface area contributed by atoms with Crippen LogP contribution < -0.4 is 11.3 Å². The van der Waals surface area contributed by atoms with E-state index in [1.54, 1.807) is 0 Å². The Morgan fingerprint density at radius 3 is 2.77 bits per heavy atom. The van der Waals surface area contributed by atoms with Gasteiger partial charge in [0.25, 0.3) is 5.56 Å². The number of ether oxygens (including phenoxy) is 1. The molecule has 0 unspecified atom stereocenters. The van der Waals surface area contributed by atoms with Gasteiger partial charge in [0, 0.05) is 16.2 Å². The number of aromatic nitrogens is 4. The zero-order valence-electron chi connectivity index (χ0n) is 15.7. The number of H-pyrrole nitrogens is 1. The largest absolute Gasteiger partial charge is 0.394 e. The van der Waals surface area contributed by atoms with Crippen molar-refractivity contribution in [2.45, 2.75) is 24.0 Å². The zero-order valence-corrected chi connectivity index (χ0v) is 15.7. The Kier molecular flexibility index (Phi) is 4.93. The van der Waals surface area contributed by atoms with Crippen molar-refractivity contribution in [3.63, 3.8) is 0 Å². The van der Waals surface area contributed by atoms with Crippen LogP contribution in [0.25, 0.3) is 21.6 Å². The predicted molar refractivity (Wildman–Crippen MR) is 104 cm³/mol. The van der Waals surface area contributed by atoms with E-state index in [9.17, 15) is 24.9 Å². The van der Waals surface area contributed by atoms with E-state index in [0.717, 1.165) is 10.9 Å². The normalized spacial score (nSPS) is 25.5. The summed E-state index contributed by atoms with van der Waals surface area (Å²) >= 11 is 0. The minimum absolute atomic E-state index is 0.0181. The van der Waals surface area contributed by atoms with Crippen LogP contribution in [0.2, 0.25) is 0 Å². The summed E-state index contributed by atoms with van der Waals surface area (Å²) in [4.78, 5) is 37.9. The SMILES string of the molecule is [N-]=[N+]=Nc1ccc(C(=O)[C@@]2(O)[C@@H](CO)O[C@@H](n3cnc4c(=O)[nH]c(N)nc43)[C@@H]2O)cc1. The highest BCUT2D eigenvalue weighted by atomic mass is 16.6. The van der Waals surface area contributed by atoms with Crippen LogP contribution in [0.3, 0.4) is 0 Å². The minimum atomic E-state index is -2.54. The molecular weight excluding hydrogens is 412 g/mol. The number of nitrogen functional groups attached to an aromatic ring is 1. The predicted octanol–water partition coefficient (Wildman–Crippen LogP) is -0.492. The van der Waals surface area contributed by atoms with Crippen LogP contribution in [-0.2, 0) is 4.74 Å². The number of aliphatic hydroxyl groups is 3. The van der Waals surface area contributed by atoms with Gasteiger partial charge in [-0.2, -0.15) is 4.98 Å². The highest BCUT2D eigenvalue weighted by Gasteiger charge is 2.60. The molecule has 4 rings (SSSR count). The Balaban J connectivity index is 1.75. The van der Waals surface area contributed by atoms with Crippen LogP contribution in [-0.4, -0.2) is 65.0 Å². The number of azide groups is 1. The highest BCUT2D eigenvalue weighted by molar-refractivity contribution is 6.03. The molecular formula is C17H16N8O6. The number of nitrogens with two attached hydrogens (primary N) is 1. The fourth-order valence-electron chi connectivity index (χ4n) is 3.53. The summed E-state index contributed by atoms with van der Waals surface area (Å²) in [6.07, 6.45) is -3.64. The number of anilines is 1. The lowest BCUT2D eigenvalue weighted by Gasteiger charge is -2.28. The molecule has 1 aromatic carbocycles. The Bertz CT molecular complexity index is 1260. The summed E-state index contributed by atoms with van der Waals surface area (Å²) in [7, 11) is 0. The van der Waals surface area contributed by atoms with Gasteiger partial charge in [-0.25, -0.2) is 4.98 Å². The van der Waals surface area contributed by atoms with E-state index in [4.69, 9.17) is 16.0 Å². The van der Waals surface area contributed by atoms with Gasteiger partial charge >= 0.3 is 0 Å². The van der Waals surface area contributed by atoms with Crippen molar-refractivity contribution < 1.29 is 24.9 Å². The number of benzene rings is 1. The highest BCUT2D eigenvalue weighted by Crippen LogP contribution is 2.40. The molecule has 0 aliphatic carbocycles. The standard InChI is InChI=1S/C17H16N8O6/c18-16-21-13-10(14(29)22-16)20-6-25(13)15-12(28)17(30,9(5-26)31-15)11(27)7-1-3-8(4-2-7)23-24-19/h1-4,6,9,12,15,26,28,30H,5H2,(H3,18,21,22,29)/t9-,12+,15-,17+/m1/s1. The van der Waals surface area contributed by atoms with Gasteiger partial charge < -0.3 is 25.8 Å². The Morgan fingerprint density at radius 2 is 2.13 bits per heavy atom. The van der Waals surface area contributed by atoms with E-state index in [1.165, 1.54) is 24.3 Å². The summed E-state index contributed by atoms with van der Waals surface area (Å²) < 4.78 is 6.71. The van der Waals surface area contributed by atoms with Crippen molar-refractivity contribution in [1.82, 2.24) is 19.5 Å². The number of aliphatic hydroxyl groups excluding tert-OH is 2. The van der Waals surface area contributed by atoms with Crippen molar-refractivity contribution in [2.24, 2.45) is 5.11 Å². The molecule has 31 heavy (non-hydrogen) atoms. The molecule has 160 valence electrons. The molecule has 2 aromatic heterocycles. The monoisotopic (exact) mass is 428 g/mol. The third-order valence-corrected chi connectivity index (χ3v) is 5.06. The zero-order chi connectivity index (χ0) is 22.3.